The first-order valence-corrected chi connectivity index (χ1v) is 10.7. The summed E-state index contributed by atoms with van der Waals surface area (Å²) in [7, 11) is 0. The van der Waals surface area contributed by atoms with Gasteiger partial charge in [0.2, 0.25) is 0 Å². The number of alkyl halides is 3. The lowest BCUT2D eigenvalue weighted by Gasteiger charge is -2.16. The largest absolute Gasteiger partial charge is 0.482 e. The van der Waals surface area contributed by atoms with Crippen molar-refractivity contribution in [3.8, 4) is 17.0 Å². The van der Waals surface area contributed by atoms with Crippen molar-refractivity contribution in [1.82, 2.24) is 4.98 Å². The summed E-state index contributed by atoms with van der Waals surface area (Å²) >= 11 is 1.60. The van der Waals surface area contributed by atoms with Crippen LogP contribution in [-0.4, -0.2) is 22.7 Å². The van der Waals surface area contributed by atoms with Crippen LogP contribution in [0.15, 0.2) is 59.5 Å². The first-order valence-electron chi connectivity index (χ1n) is 9.81. The van der Waals surface area contributed by atoms with Crippen molar-refractivity contribution in [3.05, 3.63) is 77.0 Å². The lowest BCUT2D eigenvalue weighted by atomic mass is 10.0. The molecule has 1 heterocycles. The van der Waals surface area contributed by atoms with Crippen LogP contribution in [0, 0.1) is 13.8 Å². The van der Waals surface area contributed by atoms with Crippen LogP contribution in [0.3, 0.4) is 0 Å². The summed E-state index contributed by atoms with van der Waals surface area (Å²) in [6.45, 7) is 5.33. The van der Waals surface area contributed by atoms with Crippen LogP contribution in [0.1, 0.15) is 34.6 Å². The Morgan fingerprint density at radius 2 is 1.88 bits per heavy atom. The molecule has 0 aliphatic rings. The van der Waals surface area contributed by atoms with Gasteiger partial charge in [-0.25, -0.2) is 4.79 Å². The fourth-order valence-corrected chi connectivity index (χ4v) is 4.46. The van der Waals surface area contributed by atoms with E-state index in [9.17, 15) is 18.0 Å². The predicted octanol–water partition coefficient (Wildman–Crippen LogP) is 6.70. The van der Waals surface area contributed by atoms with Gasteiger partial charge in [-0.3, -0.25) is 4.98 Å². The maximum absolute atomic E-state index is 13.0. The van der Waals surface area contributed by atoms with Gasteiger partial charge in [0.05, 0.1) is 11.3 Å². The van der Waals surface area contributed by atoms with E-state index in [1.807, 2.05) is 39.0 Å². The number of aryl methyl sites for hydroxylation is 2. The van der Waals surface area contributed by atoms with Gasteiger partial charge in [-0.05, 0) is 68.3 Å². The third-order valence-electron chi connectivity index (χ3n) is 4.86. The molecule has 0 amide bonds. The van der Waals surface area contributed by atoms with Gasteiger partial charge in [0.15, 0.2) is 6.61 Å². The zero-order chi connectivity index (χ0) is 23.5. The summed E-state index contributed by atoms with van der Waals surface area (Å²) in [5, 5.41) is 8.79. The molecule has 3 rings (SSSR count). The second kappa shape index (κ2) is 9.65. The molecule has 168 valence electrons. The molecular weight excluding hydrogens is 439 g/mol. The van der Waals surface area contributed by atoms with Gasteiger partial charge in [0.25, 0.3) is 0 Å². The lowest BCUT2D eigenvalue weighted by Crippen LogP contribution is -2.10. The summed E-state index contributed by atoms with van der Waals surface area (Å²) in [5.41, 5.74) is 2.77. The Kier molecular flexibility index (Phi) is 7.13. The maximum atomic E-state index is 13.0. The molecule has 2 aromatic carbocycles. The molecule has 0 saturated carbocycles. The van der Waals surface area contributed by atoms with Crippen molar-refractivity contribution in [2.75, 3.05) is 6.61 Å². The average Bonchev–Trinajstić information content (AvgIpc) is 2.72. The van der Waals surface area contributed by atoms with E-state index in [0.29, 0.717) is 17.0 Å². The number of ether oxygens (including phenoxy) is 1. The smallest absolute Gasteiger partial charge is 0.416 e. The van der Waals surface area contributed by atoms with E-state index < -0.39 is 24.3 Å². The second-order valence-electron chi connectivity index (χ2n) is 7.32. The Balaban J connectivity index is 1.77. The Bertz CT molecular complexity index is 1130. The third kappa shape index (κ3) is 5.82. The summed E-state index contributed by atoms with van der Waals surface area (Å²) < 4.78 is 44.3. The number of halogens is 3. The minimum Gasteiger partial charge on any atom is -0.482 e. The van der Waals surface area contributed by atoms with E-state index in [0.717, 1.165) is 33.8 Å². The summed E-state index contributed by atoms with van der Waals surface area (Å²) in [5.74, 6) is -0.513. The highest BCUT2D eigenvalue weighted by Crippen LogP contribution is 2.38. The molecule has 0 bridgehead atoms. The normalized spacial score (nSPS) is 12.4. The number of carboxylic acid groups (broad SMARTS) is 1. The van der Waals surface area contributed by atoms with Crippen LogP contribution in [0.2, 0.25) is 0 Å². The summed E-state index contributed by atoms with van der Waals surface area (Å²) in [6, 6.07) is 14.3. The van der Waals surface area contributed by atoms with Gasteiger partial charge in [-0.2, -0.15) is 13.2 Å². The highest BCUT2D eigenvalue weighted by molar-refractivity contribution is 7.99. The van der Waals surface area contributed by atoms with Gasteiger partial charge in [0.1, 0.15) is 5.75 Å². The number of aromatic nitrogens is 1. The van der Waals surface area contributed by atoms with E-state index in [-0.39, 0.29) is 5.25 Å². The van der Waals surface area contributed by atoms with Crippen LogP contribution in [-0.2, 0) is 11.0 Å². The van der Waals surface area contributed by atoms with Crippen LogP contribution in [0.4, 0.5) is 13.2 Å². The van der Waals surface area contributed by atoms with Crippen molar-refractivity contribution in [2.24, 2.45) is 0 Å². The topological polar surface area (TPSA) is 59.4 Å². The zero-order valence-electron chi connectivity index (χ0n) is 17.7. The molecule has 0 fully saturated rings. The van der Waals surface area contributed by atoms with Gasteiger partial charge >= 0.3 is 12.1 Å². The second-order valence-corrected chi connectivity index (χ2v) is 8.73. The fraction of sp³-hybridized carbons (Fsp3) is 0.250. The third-order valence-corrected chi connectivity index (χ3v) is 5.99. The fourth-order valence-electron chi connectivity index (χ4n) is 3.28. The average molecular weight is 462 g/mol. The molecule has 3 aromatic rings. The molecular formula is C24H22F3NO3S. The molecule has 1 atom stereocenters. The molecule has 0 saturated heterocycles. The number of nitrogens with zero attached hydrogens (tertiary/aromatic N) is 1. The Morgan fingerprint density at radius 1 is 1.12 bits per heavy atom. The Hall–Kier alpha value is -3.00. The van der Waals surface area contributed by atoms with E-state index >= 15 is 0 Å². The first kappa shape index (κ1) is 23.7. The number of aliphatic carboxylic acids is 1. The van der Waals surface area contributed by atoms with Crippen molar-refractivity contribution < 1.29 is 27.8 Å². The van der Waals surface area contributed by atoms with Crippen molar-refractivity contribution in [2.45, 2.75) is 37.1 Å². The molecule has 0 spiro atoms. The quantitative estimate of drug-likeness (QED) is 0.397. The Morgan fingerprint density at radius 3 is 2.50 bits per heavy atom. The SMILES string of the molecule is Cc1cc(SC(C)c2ccc(-c3cccc(C(F)(F)F)c3)nc2C)ccc1OCC(=O)O. The van der Waals surface area contributed by atoms with Crippen LogP contribution < -0.4 is 4.74 Å². The molecule has 0 aliphatic heterocycles. The van der Waals surface area contributed by atoms with E-state index in [1.54, 1.807) is 30.0 Å². The first-order chi connectivity index (χ1) is 15.0. The molecule has 1 N–H and O–H groups in total. The van der Waals surface area contributed by atoms with E-state index in [4.69, 9.17) is 9.84 Å². The molecule has 1 aromatic heterocycles. The lowest BCUT2D eigenvalue weighted by molar-refractivity contribution is -0.139. The number of hydrogen-bond acceptors (Lipinski definition) is 4. The van der Waals surface area contributed by atoms with Crippen LogP contribution in [0.25, 0.3) is 11.3 Å². The van der Waals surface area contributed by atoms with Crippen molar-refractivity contribution in [3.63, 3.8) is 0 Å². The number of thioether (sulfide) groups is 1. The minimum atomic E-state index is -4.40. The van der Waals surface area contributed by atoms with Crippen molar-refractivity contribution >= 4 is 17.7 Å². The number of carbonyl (C=O) groups is 1. The number of hydrogen-bond donors (Lipinski definition) is 1. The Labute approximate surface area is 188 Å². The standard InChI is InChI=1S/C24H22F3NO3S/c1-14-11-19(7-10-22(14)31-13-23(29)30)32-16(3)20-8-9-21(28-15(20)2)17-5-4-6-18(12-17)24(25,26)27/h4-12,16H,13H2,1-3H3,(H,29,30). The molecule has 8 heteroatoms. The van der Waals surface area contributed by atoms with E-state index in [2.05, 4.69) is 4.98 Å². The molecule has 0 radical (unpaired) electrons. The van der Waals surface area contributed by atoms with Crippen LogP contribution in [0.5, 0.6) is 5.75 Å². The van der Waals surface area contributed by atoms with Crippen LogP contribution >= 0.6 is 11.8 Å². The minimum absolute atomic E-state index is 0.0447. The number of rotatable bonds is 7. The van der Waals surface area contributed by atoms with Gasteiger partial charge in [-0.15, -0.1) is 11.8 Å². The monoisotopic (exact) mass is 461 g/mol. The molecule has 32 heavy (non-hydrogen) atoms. The van der Waals surface area contributed by atoms with E-state index in [1.165, 1.54) is 6.07 Å². The summed E-state index contributed by atoms with van der Waals surface area (Å²) in [4.78, 5) is 16.2. The molecule has 1 unspecified atom stereocenters. The van der Waals surface area contributed by atoms with Gasteiger partial charge in [0, 0.05) is 21.4 Å². The maximum Gasteiger partial charge on any atom is 0.416 e. The molecule has 0 aliphatic carbocycles. The highest BCUT2D eigenvalue weighted by atomic mass is 32.2. The number of pyridine rings is 1. The molecule has 4 nitrogen and oxygen atoms in total. The predicted molar refractivity (Wildman–Crippen MR) is 118 cm³/mol. The van der Waals surface area contributed by atoms with Gasteiger partial charge < -0.3 is 9.84 Å². The highest BCUT2D eigenvalue weighted by Gasteiger charge is 2.30. The van der Waals surface area contributed by atoms with Crippen molar-refractivity contribution in [1.29, 1.82) is 0 Å². The summed E-state index contributed by atoms with van der Waals surface area (Å²) in [6.07, 6.45) is -4.40. The van der Waals surface area contributed by atoms with Gasteiger partial charge in [-0.1, -0.05) is 18.2 Å². The number of carboxylic acids is 1. The zero-order valence-corrected chi connectivity index (χ0v) is 18.6. The number of benzene rings is 2.